The molecule has 1 amide bonds. The number of para-hydroxylation sites is 1. The van der Waals surface area contributed by atoms with Crippen LogP contribution < -0.4 is 10.2 Å². The van der Waals surface area contributed by atoms with Crippen LogP contribution >= 0.6 is 0 Å². The highest BCUT2D eigenvalue weighted by atomic mass is 16.2. The maximum atomic E-state index is 12.5. The molecule has 5 heteroatoms. The maximum Gasteiger partial charge on any atom is 0.224 e. The van der Waals surface area contributed by atoms with Gasteiger partial charge in [0, 0.05) is 24.6 Å². The smallest absolute Gasteiger partial charge is 0.224 e. The van der Waals surface area contributed by atoms with E-state index in [1.54, 1.807) is 6.92 Å². The summed E-state index contributed by atoms with van der Waals surface area (Å²) in [5.74, 6) is 1.70. The zero-order valence-electron chi connectivity index (χ0n) is 15.9. The minimum Gasteiger partial charge on any atom is -0.363 e. The average molecular weight is 360 g/mol. The Balaban J connectivity index is 1.75. The van der Waals surface area contributed by atoms with E-state index in [2.05, 4.69) is 29.4 Å². The number of fused-ring (bicyclic) bond motifs is 1. The number of nitrogens with one attached hydrogen (secondary N) is 1. The van der Waals surface area contributed by atoms with Crippen molar-refractivity contribution in [2.45, 2.75) is 45.7 Å². The molecule has 0 spiro atoms. The lowest BCUT2D eigenvalue weighted by Gasteiger charge is -2.45. The molecule has 1 saturated carbocycles. The lowest BCUT2D eigenvalue weighted by Crippen LogP contribution is -2.51. The summed E-state index contributed by atoms with van der Waals surface area (Å²) in [6.45, 7) is 5.74. The van der Waals surface area contributed by atoms with E-state index in [-0.39, 0.29) is 23.9 Å². The number of hydrogen-bond acceptors (Lipinski definition) is 4. The summed E-state index contributed by atoms with van der Waals surface area (Å²) < 4.78 is 0. The molecule has 0 saturated heterocycles. The van der Waals surface area contributed by atoms with Gasteiger partial charge in [-0.3, -0.25) is 4.79 Å². The number of nitriles is 1. The Labute approximate surface area is 160 Å². The summed E-state index contributed by atoms with van der Waals surface area (Å²) in [6, 6.07) is 14.3. The molecule has 4 rings (SSSR count). The number of rotatable bonds is 3. The van der Waals surface area contributed by atoms with Gasteiger partial charge in [0.15, 0.2) is 0 Å². The second kappa shape index (κ2) is 6.70. The topological polar surface area (TPSA) is 69.0 Å². The van der Waals surface area contributed by atoms with E-state index >= 15 is 0 Å². The molecule has 1 aromatic carbocycles. The van der Waals surface area contributed by atoms with Crippen molar-refractivity contribution in [3.8, 4) is 6.07 Å². The van der Waals surface area contributed by atoms with Crippen molar-refractivity contribution >= 4 is 17.4 Å². The number of anilines is 2. The highest BCUT2D eigenvalue weighted by molar-refractivity contribution is 5.94. The van der Waals surface area contributed by atoms with Crippen molar-refractivity contribution in [1.82, 2.24) is 4.98 Å². The van der Waals surface area contributed by atoms with E-state index in [9.17, 15) is 4.79 Å². The molecule has 1 aliphatic carbocycles. The lowest BCUT2D eigenvalue weighted by atomic mass is 9.80. The van der Waals surface area contributed by atoms with Gasteiger partial charge in [-0.25, -0.2) is 4.98 Å². The fourth-order valence-corrected chi connectivity index (χ4v) is 4.43. The lowest BCUT2D eigenvalue weighted by molar-refractivity contribution is -0.117. The number of carbonyl (C=O) groups excluding carboxylic acids is 1. The monoisotopic (exact) mass is 360 g/mol. The molecule has 3 atom stereocenters. The Morgan fingerprint density at radius 3 is 2.63 bits per heavy atom. The van der Waals surface area contributed by atoms with Crippen molar-refractivity contribution in [2.24, 2.45) is 11.8 Å². The third kappa shape index (κ3) is 3.06. The predicted octanol–water partition coefficient (Wildman–Crippen LogP) is 4.20. The van der Waals surface area contributed by atoms with Crippen LogP contribution in [-0.4, -0.2) is 16.9 Å². The van der Waals surface area contributed by atoms with Gasteiger partial charge in [-0.2, -0.15) is 5.26 Å². The van der Waals surface area contributed by atoms with Crippen LogP contribution in [0, 0.1) is 30.1 Å². The molecule has 1 N–H and O–H groups in total. The van der Waals surface area contributed by atoms with E-state index in [0.29, 0.717) is 11.5 Å². The van der Waals surface area contributed by atoms with Gasteiger partial charge in [-0.15, -0.1) is 0 Å². The van der Waals surface area contributed by atoms with E-state index in [4.69, 9.17) is 5.26 Å². The van der Waals surface area contributed by atoms with Gasteiger partial charge in [0.1, 0.15) is 11.9 Å². The number of amides is 1. The molecule has 0 radical (unpaired) electrons. The molecular formula is C22H24N4O. The Morgan fingerprint density at radius 2 is 2.00 bits per heavy atom. The molecule has 5 nitrogen and oxygen atoms in total. The van der Waals surface area contributed by atoms with Gasteiger partial charge in [0.2, 0.25) is 5.91 Å². The zero-order chi connectivity index (χ0) is 19.1. The average Bonchev–Trinajstić information content (AvgIpc) is 3.48. The van der Waals surface area contributed by atoms with Crippen molar-refractivity contribution in [3.63, 3.8) is 0 Å². The molecule has 138 valence electrons. The first-order valence-electron chi connectivity index (χ1n) is 9.54. The van der Waals surface area contributed by atoms with Gasteiger partial charge in [0.05, 0.1) is 17.3 Å². The predicted molar refractivity (Wildman–Crippen MR) is 105 cm³/mol. The minimum absolute atomic E-state index is 0.0715. The molecule has 2 heterocycles. The van der Waals surface area contributed by atoms with Crippen LogP contribution in [0.25, 0.3) is 0 Å². The molecule has 2 aliphatic rings. The number of benzene rings is 1. The molecule has 1 aromatic heterocycles. The van der Waals surface area contributed by atoms with E-state index in [1.165, 1.54) is 12.8 Å². The number of carbonyl (C=O) groups is 1. The van der Waals surface area contributed by atoms with E-state index in [0.717, 1.165) is 22.8 Å². The van der Waals surface area contributed by atoms with Crippen LogP contribution in [0.4, 0.5) is 11.5 Å². The Hall–Kier alpha value is -2.87. The SMILES string of the molecule is CC(=O)N1c2ccccc2C(Nc2ccc(C#N)c(C)n2)[C@@H](C)C1C1CC1. The summed E-state index contributed by atoms with van der Waals surface area (Å²) in [7, 11) is 0. The largest absolute Gasteiger partial charge is 0.363 e. The van der Waals surface area contributed by atoms with Crippen molar-refractivity contribution in [3.05, 3.63) is 53.2 Å². The quantitative estimate of drug-likeness (QED) is 0.891. The zero-order valence-corrected chi connectivity index (χ0v) is 15.9. The number of pyridine rings is 1. The van der Waals surface area contributed by atoms with Gasteiger partial charge in [-0.1, -0.05) is 25.1 Å². The Bertz CT molecular complexity index is 928. The Morgan fingerprint density at radius 1 is 1.26 bits per heavy atom. The molecule has 0 bridgehead atoms. The first-order chi connectivity index (χ1) is 13.0. The van der Waals surface area contributed by atoms with Crippen LogP contribution in [0.2, 0.25) is 0 Å². The summed E-state index contributed by atoms with van der Waals surface area (Å²) >= 11 is 0. The van der Waals surface area contributed by atoms with Gasteiger partial charge in [0.25, 0.3) is 0 Å². The molecular weight excluding hydrogens is 336 g/mol. The number of aryl methyl sites for hydroxylation is 1. The third-order valence-electron chi connectivity index (χ3n) is 5.85. The number of hydrogen-bond donors (Lipinski definition) is 1. The van der Waals surface area contributed by atoms with Crippen LogP contribution in [0.3, 0.4) is 0 Å². The third-order valence-corrected chi connectivity index (χ3v) is 5.85. The molecule has 2 unspecified atom stereocenters. The van der Waals surface area contributed by atoms with Crippen LogP contribution in [-0.2, 0) is 4.79 Å². The Kier molecular flexibility index (Phi) is 4.35. The minimum atomic E-state index is 0.0715. The standard InChI is InChI=1S/C22H24N4O/c1-13-21(25-20-11-10-17(12-23)14(2)24-20)18-6-4-5-7-19(18)26(15(3)27)22(13)16-8-9-16/h4-7,10-11,13,16,21-22H,8-9H2,1-3H3,(H,24,25)/t13-,21?,22?/m1/s1. The summed E-state index contributed by atoms with van der Waals surface area (Å²) in [4.78, 5) is 19.1. The molecule has 27 heavy (non-hydrogen) atoms. The van der Waals surface area contributed by atoms with Crippen molar-refractivity contribution in [2.75, 3.05) is 10.2 Å². The second-order valence-corrected chi connectivity index (χ2v) is 7.70. The van der Waals surface area contributed by atoms with Crippen molar-refractivity contribution < 1.29 is 4.79 Å². The fraction of sp³-hybridized carbons (Fsp3) is 0.409. The van der Waals surface area contributed by atoms with Gasteiger partial charge < -0.3 is 10.2 Å². The molecule has 1 fully saturated rings. The fourth-order valence-electron chi connectivity index (χ4n) is 4.43. The first kappa shape index (κ1) is 17.5. The maximum absolute atomic E-state index is 12.5. The summed E-state index contributed by atoms with van der Waals surface area (Å²) in [6.07, 6.45) is 2.36. The highest BCUT2D eigenvalue weighted by Gasteiger charge is 2.47. The summed E-state index contributed by atoms with van der Waals surface area (Å²) in [5, 5.41) is 12.7. The van der Waals surface area contributed by atoms with Gasteiger partial charge >= 0.3 is 0 Å². The number of aromatic nitrogens is 1. The molecule has 1 aliphatic heterocycles. The van der Waals surface area contributed by atoms with E-state index < -0.39 is 0 Å². The summed E-state index contributed by atoms with van der Waals surface area (Å²) in [5.41, 5.74) is 3.45. The highest BCUT2D eigenvalue weighted by Crippen LogP contribution is 2.49. The second-order valence-electron chi connectivity index (χ2n) is 7.70. The van der Waals surface area contributed by atoms with Crippen LogP contribution in [0.5, 0.6) is 0 Å². The number of nitrogens with zero attached hydrogens (tertiary/aromatic N) is 3. The van der Waals surface area contributed by atoms with Crippen LogP contribution in [0.1, 0.15) is 49.6 Å². The first-order valence-corrected chi connectivity index (χ1v) is 9.54. The molecule has 2 aromatic rings. The van der Waals surface area contributed by atoms with Gasteiger partial charge in [-0.05, 0) is 49.4 Å². The van der Waals surface area contributed by atoms with Crippen molar-refractivity contribution in [1.29, 1.82) is 5.26 Å². The normalized spacial score (nSPS) is 24.1. The van der Waals surface area contributed by atoms with Crippen LogP contribution in [0.15, 0.2) is 36.4 Å². The van der Waals surface area contributed by atoms with E-state index in [1.807, 2.05) is 42.2 Å².